The monoisotopic (exact) mass is 501 g/mol. The number of carbonyl (C=O) groups is 2. The Hall–Kier alpha value is -4.64. The molecule has 0 saturated carbocycles. The lowest BCUT2D eigenvalue weighted by molar-refractivity contribution is -0.128. The molecule has 0 aliphatic carbocycles. The Morgan fingerprint density at radius 1 is 0.806 bits per heavy atom. The van der Waals surface area contributed by atoms with Crippen molar-refractivity contribution in [2.75, 3.05) is 12.4 Å². The van der Waals surface area contributed by atoms with Gasteiger partial charge in [0.2, 0.25) is 11.1 Å². The fourth-order valence-electron chi connectivity index (χ4n) is 3.34. The maximum absolute atomic E-state index is 12.2. The Morgan fingerprint density at radius 3 is 2.31 bits per heavy atom. The fourth-order valence-corrected chi connectivity index (χ4v) is 3.93. The molecule has 0 radical (unpaired) electrons. The quantitative estimate of drug-likeness (QED) is 0.240. The van der Waals surface area contributed by atoms with E-state index in [1.165, 1.54) is 12.5 Å². The van der Waals surface area contributed by atoms with Crippen LogP contribution < -0.4 is 15.6 Å². The van der Waals surface area contributed by atoms with Gasteiger partial charge in [0, 0.05) is 5.39 Å². The predicted octanol–water partition coefficient (Wildman–Crippen LogP) is 3.86. The van der Waals surface area contributed by atoms with Gasteiger partial charge >= 0.3 is 0 Å². The van der Waals surface area contributed by atoms with Gasteiger partial charge in [-0.3, -0.25) is 20.4 Å². The number of hydrazine groups is 1. The molecule has 3 aromatic heterocycles. The van der Waals surface area contributed by atoms with Gasteiger partial charge in [-0.25, -0.2) is 4.98 Å². The van der Waals surface area contributed by atoms with Crippen LogP contribution in [0.5, 0.6) is 5.75 Å². The molecule has 180 valence electrons. The van der Waals surface area contributed by atoms with Crippen LogP contribution in [0.3, 0.4) is 0 Å². The average molecular weight is 502 g/mol. The summed E-state index contributed by atoms with van der Waals surface area (Å²) in [7, 11) is 0. The van der Waals surface area contributed by atoms with E-state index in [0.29, 0.717) is 28.7 Å². The number of amides is 2. The maximum atomic E-state index is 12.2. The number of nitrogens with zero attached hydrogens (tertiary/aromatic N) is 3. The molecule has 0 aliphatic rings. The van der Waals surface area contributed by atoms with E-state index in [2.05, 4.69) is 26.0 Å². The summed E-state index contributed by atoms with van der Waals surface area (Å²) >= 11 is 1.06. The minimum Gasteiger partial charge on any atom is -0.483 e. The van der Waals surface area contributed by atoms with Crippen molar-refractivity contribution in [3.63, 3.8) is 0 Å². The molecule has 0 bridgehead atoms. The van der Waals surface area contributed by atoms with Gasteiger partial charge in [-0.1, -0.05) is 48.2 Å². The Labute approximate surface area is 209 Å². The van der Waals surface area contributed by atoms with Gasteiger partial charge < -0.3 is 13.6 Å². The molecule has 0 aliphatic heterocycles. The lowest BCUT2D eigenvalue weighted by Crippen LogP contribution is -2.44. The maximum Gasteiger partial charge on any atom is 0.276 e. The van der Waals surface area contributed by atoms with Crippen molar-refractivity contribution in [3.8, 4) is 28.7 Å². The van der Waals surface area contributed by atoms with E-state index in [1.54, 1.807) is 30.3 Å². The molecule has 2 N–H and O–H groups in total. The van der Waals surface area contributed by atoms with Crippen LogP contribution in [0, 0.1) is 0 Å². The number of rotatable bonds is 8. The van der Waals surface area contributed by atoms with Crippen LogP contribution in [0.4, 0.5) is 0 Å². The highest BCUT2D eigenvalue weighted by atomic mass is 32.2. The number of furan rings is 2. The lowest BCUT2D eigenvalue weighted by atomic mass is 10.1. The van der Waals surface area contributed by atoms with Gasteiger partial charge in [-0.2, -0.15) is 0 Å². The summed E-state index contributed by atoms with van der Waals surface area (Å²) in [5.41, 5.74) is 5.55. The second-order valence-electron chi connectivity index (χ2n) is 7.40. The molecule has 11 heteroatoms. The number of benzene rings is 2. The molecule has 0 saturated heterocycles. The van der Waals surface area contributed by atoms with Crippen molar-refractivity contribution >= 4 is 34.3 Å². The largest absolute Gasteiger partial charge is 0.483 e. The molecule has 5 rings (SSSR count). The number of nitrogens with one attached hydrogen (secondary N) is 2. The first-order chi connectivity index (χ1) is 17.7. The van der Waals surface area contributed by atoms with Gasteiger partial charge in [0.25, 0.3) is 5.91 Å². The van der Waals surface area contributed by atoms with Crippen molar-refractivity contribution in [1.29, 1.82) is 0 Å². The first kappa shape index (κ1) is 23.1. The Bertz CT molecular complexity index is 1480. The number of carbonyl (C=O) groups excluding carboxylic acids is 2. The van der Waals surface area contributed by atoms with E-state index in [1.807, 2.05) is 36.4 Å². The van der Waals surface area contributed by atoms with Crippen LogP contribution in [0.25, 0.3) is 33.7 Å². The summed E-state index contributed by atoms with van der Waals surface area (Å²) in [5, 5.41) is 10.4. The summed E-state index contributed by atoms with van der Waals surface area (Å²) < 4.78 is 16.5. The second kappa shape index (κ2) is 10.7. The van der Waals surface area contributed by atoms with E-state index in [-0.39, 0.29) is 17.5 Å². The molecule has 2 aromatic carbocycles. The Kier molecular flexibility index (Phi) is 6.90. The number of ether oxygens (including phenoxy) is 1. The topological polar surface area (TPSA) is 132 Å². The zero-order chi connectivity index (χ0) is 24.7. The molecular formula is C25H19N5O5S. The fraction of sp³-hybridized carbons (Fsp3) is 0.0800. The van der Waals surface area contributed by atoms with Gasteiger partial charge in [-0.05, 0) is 35.7 Å². The molecule has 36 heavy (non-hydrogen) atoms. The molecule has 0 fully saturated rings. The summed E-state index contributed by atoms with van der Waals surface area (Å²) in [6, 6.07) is 20.2. The van der Waals surface area contributed by atoms with Gasteiger partial charge in [0.15, 0.2) is 23.8 Å². The number of thioether (sulfide) groups is 1. The highest BCUT2D eigenvalue weighted by Crippen LogP contribution is 2.30. The highest BCUT2D eigenvalue weighted by molar-refractivity contribution is 7.99. The molecule has 0 unspecified atom stereocenters. The second-order valence-corrected chi connectivity index (χ2v) is 8.34. The molecule has 0 spiro atoms. The average Bonchev–Trinajstić information content (AvgIpc) is 3.64. The molecule has 3 heterocycles. The SMILES string of the molecule is O=C(COc1cccc2ccccc12)NNC(=O)CSc1nnc(-c2ccco2)c(-c2ccco2)n1. The van der Waals surface area contributed by atoms with Gasteiger partial charge in [0.05, 0.1) is 18.3 Å². The Balaban J connectivity index is 1.14. The van der Waals surface area contributed by atoms with E-state index < -0.39 is 11.8 Å². The summed E-state index contributed by atoms with van der Waals surface area (Å²) in [6.07, 6.45) is 3.05. The van der Waals surface area contributed by atoms with Crippen molar-refractivity contribution in [2.45, 2.75) is 5.16 Å². The molecular weight excluding hydrogens is 482 g/mol. The van der Waals surface area contributed by atoms with Crippen LogP contribution in [0.2, 0.25) is 0 Å². The van der Waals surface area contributed by atoms with Crippen LogP contribution >= 0.6 is 11.8 Å². The first-order valence-corrected chi connectivity index (χ1v) is 11.8. The van der Waals surface area contributed by atoms with E-state index in [0.717, 1.165) is 22.5 Å². The van der Waals surface area contributed by atoms with E-state index in [9.17, 15) is 9.59 Å². The number of aromatic nitrogens is 3. The molecule has 0 atom stereocenters. The van der Waals surface area contributed by atoms with E-state index >= 15 is 0 Å². The van der Waals surface area contributed by atoms with Crippen LogP contribution in [-0.2, 0) is 9.59 Å². The van der Waals surface area contributed by atoms with Gasteiger partial charge in [0.1, 0.15) is 11.4 Å². The number of hydrogen-bond acceptors (Lipinski definition) is 9. The summed E-state index contributed by atoms with van der Waals surface area (Å²) in [4.78, 5) is 28.9. The van der Waals surface area contributed by atoms with Crippen molar-refractivity contribution in [2.24, 2.45) is 0 Å². The third-order valence-electron chi connectivity index (χ3n) is 4.96. The third kappa shape index (κ3) is 5.36. The Morgan fingerprint density at radius 2 is 1.53 bits per heavy atom. The molecule has 2 amide bonds. The number of hydrogen-bond donors (Lipinski definition) is 2. The van der Waals surface area contributed by atoms with Gasteiger partial charge in [-0.15, -0.1) is 10.2 Å². The van der Waals surface area contributed by atoms with Crippen molar-refractivity contribution in [3.05, 3.63) is 79.3 Å². The molecule has 5 aromatic rings. The third-order valence-corrected chi connectivity index (χ3v) is 5.80. The minimum atomic E-state index is -0.498. The summed E-state index contributed by atoms with van der Waals surface area (Å²) in [5.74, 6) is 0.563. The zero-order valence-corrected chi connectivity index (χ0v) is 19.5. The highest BCUT2D eigenvalue weighted by Gasteiger charge is 2.18. The minimum absolute atomic E-state index is 0.0518. The smallest absolute Gasteiger partial charge is 0.276 e. The van der Waals surface area contributed by atoms with E-state index in [4.69, 9.17) is 13.6 Å². The van der Waals surface area contributed by atoms with Crippen molar-refractivity contribution in [1.82, 2.24) is 26.0 Å². The zero-order valence-electron chi connectivity index (χ0n) is 18.7. The summed E-state index contributed by atoms with van der Waals surface area (Å²) in [6.45, 7) is -0.255. The molecule has 10 nitrogen and oxygen atoms in total. The van der Waals surface area contributed by atoms with Crippen LogP contribution in [0.1, 0.15) is 0 Å². The predicted molar refractivity (Wildman–Crippen MR) is 132 cm³/mol. The first-order valence-electron chi connectivity index (χ1n) is 10.8. The van der Waals surface area contributed by atoms with Crippen LogP contribution in [0.15, 0.2) is 93.2 Å². The standard InChI is InChI=1S/C25H19N5O5S/c31-21(14-35-18-9-3-7-16-6-1-2-8-17(16)18)27-28-22(32)15-36-25-26-23(19-10-4-12-33-19)24(29-30-25)20-11-5-13-34-20/h1-13H,14-15H2,(H,27,31)(H,28,32). The normalized spacial score (nSPS) is 10.8. The number of fused-ring (bicyclic) bond motifs is 1. The van der Waals surface area contributed by atoms with Crippen LogP contribution in [-0.4, -0.2) is 39.4 Å². The lowest BCUT2D eigenvalue weighted by Gasteiger charge is -2.10. The van der Waals surface area contributed by atoms with Crippen molar-refractivity contribution < 1.29 is 23.2 Å².